The van der Waals surface area contributed by atoms with Crippen LogP contribution in [0.15, 0.2) is 36.5 Å². The van der Waals surface area contributed by atoms with Crippen LogP contribution in [0.25, 0.3) is 0 Å². The predicted molar refractivity (Wildman–Crippen MR) is 60.1 cm³/mol. The van der Waals surface area contributed by atoms with Crippen molar-refractivity contribution in [3.05, 3.63) is 47.4 Å². The molecule has 2 N–H and O–H groups in total. The molecule has 0 amide bonds. The number of aromatic nitrogens is 1. The summed E-state index contributed by atoms with van der Waals surface area (Å²) in [6.45, 7) is 0. The maximum atomic E-state index is 12.9. The summed E-state index contributed by atoms with van der Waals surface area (Å²) in [7, 11) is 0. The number of halogens is 2. The Bertz CT molecular complexity index is 519. The van der Waals surface area contributed by atoms with Crippen molar-refractivity contribution in [2.75, 3.05) is 5.73 Å². The Labute approximate surface area is 96.6 Å². The number of hydrogen-bond donors (Lipinski definition) is 1. The molecule has 0 saturated carbocycles. The second-order valence-corrected chi connectivity index (χ2v) is 3.52. The number of benzene rings is 1. The summed E-state index contributed by atoms with van der Waals surface area (Å²) in [5, 5.41) is 0.282. The molecular weight excluding hydrogens is 231 g/mol. The van der Waals surface area contributed by atoms with Gasteiger partial charge < -0.3 is 10.5 Å². The minimum atomic E-state index is -0.385. The molecule has 1 aromatic carbocycles. The van der Waals surface area contributed by atoms with Gasteiger partial charge in [0.15, 0.2) is 0 Å². The van der Waals surface area contributed by atoms with Crippen LogP contribution in [0.3, 0.4) is 0 Å². The summed E-state index contributed by atoms with van der Waals surface area (Å²) in [4.78, 5) is 3.90. The van der Waals surface area contributed by atoms with Crippen molar-refractivity contribution in [3.8, 4) is 11.6 Å². The highest BCUT2D eigenvalue weighted by Crippen LogP contribution is 2.28. The number of nitrogens with two attached hydrogens (primary N) is 1. The van der Waals surface area contributed by atoms with E-state index in [0.717, 1.165) is 0 Å². The Morgan fingerprint density at radius 1 is 1.31 bits per heavy atom. The summed E-state index contributed by atoms with van der Waals surface area (Å²) < 4.78 is 18.2. The van der Waals surface area contributed by atoms with Crippen LogP contribution in [0.5, 0.6) is 11.6 Å². The Hall–Kier alpha value is -1.81. The van der Waals surface area contributed by atoms with Crippen molar-refractivity contribution >= 4 is 17.3 Å². The average Bonchev–Trinajstić information content (AvgIpc) is 2.22. The smallest absolute Gasteiger partial charge is 0.238 e. The second kappa shape index (κ2) is 4.37. The highest BCUT2D eigenvalue weighted by atomic mass is 35.5. The summed E-state index contributed by atoms with van der Waals surface area (Å²) in [5.74, 6) is 0.143. The fraction of sp³-hybridized carbons (Fsp3) is 0. The molecule has 0 aliphatic carbocycles. The molecular formula is C11H8ClFN2O. The van der Waals surface area contributed by atoms with Gasteiger partial charge in [0, 0.05) is 6.07 Å². The van der Waals surface area contributed by atoms with Crippen LogP contribution in [0, 0.1) is 5.82 Å². The van der Waals surface area contributed by atoms with Gasteiger partial charge >= 0.3 is 0 Å². The monoisotopic (exact) mass is 238 g/mol. The van der Waals surface area contributed by atoms with Gasteiger partial charge in [-0.1, -0.05) is 17.7 Å². The van der Waals surface area contributed by atoms with Gasteiger partial charge in [0.1, 0.15) is 16.6 Å². The number of nitrogens with zero attached hydrogens (tertiary/aromatic N) is 1. The molecule has 0 radical (unpaired) electrons. The lowest BCUT2D eigenvalue weighted by atomic mass is 10.3. The van der Waals surface area contributed by atoms with E-state index in [1.165, 1.54) is 30.5 Å². The third kappa shape index (κ3) is 2.41. The van der Waals surface area contributed by atoms with E-state index in [-0.39, 0.29) is 16.7 Å². The largest absolute Gasteiger partial charge is 0.437 e. The van der Waals surface area contributed by atoms with Gasteiger partial charge in [-0.15, -0.1) is 0 Å². The standard InChI is InChI=1S/C11H8ClFN2O/c12-10-5-8(14)6-15-11(10)16-9-3-1-2-7(13)4-9/h1-6H,14H2. The highest BCUT2D eigenvalue weighted by molar-refractivity contribution is 6.32. The molecule has 0 spiro atoms. The molecule has 0 bridgehead atoms. The van der Waals surface area contributed by atoms with Crippen LogP contribution < -0.4 is 10.5 Å². The Balaban J connectivity index is 2.27. The van der Waals surface area contributed by atoms with Gasteiger partial charge in [0.25, 0.3) is 0 Å². The molecule has 0 atom stereocenters. The van der Waals surface area contributed by atoms with Crippen LogP contribution in [0.4, 0.5) is 10.1 Å². The second-order valence-electron chi connectivity index (χ2n) is 3.12. The van der Waals surface area contributed by atoms with Crippen LogP contribution in [-0.2, 0) is 0 Å². The number of anilines is 1. The zero-order valence-electron chi connectivity index (χ0n) is 8.15. The molecule has 0 fully saturated rings. The van der Waals surface area contributed by atoms with E-state index in [0.29, 0.717) is 11.4 Å². The molecule has 1 aromatic heterocycles. The number of ether oxygens (including phenoxy) is 1. The van der Waals surface area contributed by atoms with E-state index in [1.54, 1.807) is 6.07 Å². The normalized spacial score (nSPS) is 10.1. The fourth-order valence-corrected chi connectivity index (χ4v) is 1.37. The van der Waals surface area contributed by atoms with Gasteiger partial charge in [0.05, 0.1) is 11.9 Å². The maximum absolute atomic E-state index is 12.9. The molecule has 16 heavy (non-hydrogen) atoms. The van der Waals surface area contributed by atoms with Crippen molar-refractivity contribution < 1.29 is 9.13 Å². The van der Waals surface area contributed by atoms with E-state index >= 15 is 0 Å². The average molecular weight is 239 g/mol. The minimum absolute atomic E-state index is 0.196. The van der Waals surface area contributed by atoms with Crippen molar-refractivity contribution in [1.82, 2.24) is 4.98 Å². The van der Waals surface area contributed by atoms with Crippen molar-refractivity contribution in [1.29, 1.82) is 0 Å². The van der Waals surface area contributed by atoms with Crippen LogP contribution in [0.2, 0.25) is 5.02 Å². The molecule has 0 unspecified atom stereocenters. The number of nitrogen functional groups attached to an aromatic ring is 1. The van der Waals surface area contributed by atoms with E-state index in [9.17, 15) is 4.39 Å². The molecule has 2 rings (SSSR count). The van der Waals surface area contributed by atoms with Crippen LogP contribution in [0.1, 0.15) is 0 Å². The minimum Gasteiger partial charge on any atom is -0.437 e. The first-order chi connectivity index (χ1) is 7.65. The summed E-state index contributed by atoms with van der Waals surface area (Å²) in [6.07, 6.45) is 1.42. The molecule has 1 heterocycles. The quantitative estimate of drug-likeness (QED) is 0.874. The summed E-state index contributed by atoms with van der Waals surface area (Å²) >= 11 is 5.86. The summed E-state index contributed by atoms with van der Waals surface area (Å²) in [6, 6.07) is 7.23. The number of rotatable bonds is 2. The van der Waals surface area contributed by atoms with Gasteiger partial charge in [-0.2, -0.15) is 0 Å². The third-order valence-electron chi connectivity index (χ3n) is 1.84. The Morgan fingerprint density at radius 3 is 2.81 bits per heavy atom. The molecule has 82 valence electrons. The van der Waals surface area contributed by atoms with Crippen molar-refractivity contribution in [3.63, 3.8) is 0 Å². The highest BCUT2D eigenvalue weighted by Gasteiger charge is 2.05. The third-order valence-corrected chi connectivity index (χ3v) is 2.11. The van der Waals surface area contributed by atoms with E-state index in [2.05, 4.69) is 4.98 Å². The molecule has 0 aliphatic heterocycles. The van der Waals surface area contributed by atoms with E-state index in [4.69, 9.17) is 22.1 Å². The topological polar surface area (TPSA) is 48.1 Å². The van der Waals surface area contributed by atoms with Gasteiger partial charge in [0.2, 0.25) is 5.88 Å². The molecule has 0 aliphatic rings. The predicted octanol–water partition coefficient (Wildman–Crippen LogP) is 3.25. The first-order valence-corrected chi connectivity index (χ1v) is 4.87. The Morgan fingerprint density at radius 2 is 2.12 bits per heavy atom. The molecule has 5 heteroatoms. The van der Waals surface area contributed by atoms with Crippen molar-refractivity contribution in [2.45, 2.75) is 0 Å². The molecule has 0 saturated heterocycles. The lowest BCUT2D eigenvalue weighted by Gasteiger charge is -2.06. The molecule has 3 nitrogen and oxygen atoms in total. The van der Waals surface area contributed by atoms with Crippen molar-refractivity contribution in [2.24, 2.45) is 0 Å². The lowest BCUT2D eigenvalue weighted by Crippen LogP contribution is -1.92. The van der Waals surface area contributed by atoms with E-state index < -0.39 is 0 Å². The van der Waals surface area contributed by atoms with Crippen LogP contribution in [-0.4, -0.2) is 4.98 Å². The Kier molecular flexibility index (Phi) is 2.92. The van der Waals surface area contributed by atoms with Gasteiger partial charge in [-0.05, 0) is 18.2 Å². The maximum Gasteiger partial charge on any atom is 0.238 e. The van der Waals surface area contributed by atoms with Gasteiger partial charge in [-0.3, -0.25) is 0 Å². The lowest BCUT2D eigenvalue weighted by molar-refractivity contribution is 0.458. The fourth-order valence-electron chi connectivity index (χ4n) is 1.16. The summed E-state index contributed by atoms with van der Waals surface area (Å²) in [5.41, 5.74) is 5.92. The number of pyridine rings is 1. The zero-order chi connectivity index (χ0) is 11.5. The van der Waals surface area contributed by atoms with Crippen LogP contribution >= 0.6 is 11.6 Å². The van der Waals surface area contributed by atoms with E-state index in [1.807, 2.05) is 0 Å². The van der Waals surface area contributed by atoms with Gasteiger partial charge in [-0.25, -0.2) is 9.37 Å². The SMILES string of the molecule is Nc1cnc(Oc2cccc(F)c2)c(Cl)c1. The first-order valence-electron chi connectivity index (χ1n) is 4.49. The number of hydrogen-bond acceptors (Lipinski definition) is 3. The zero-order valence-corrected chi connectivity index (χ0v) is 8.91. The molecule has 2 aromatic rings. The first kappa shape index (κ1) is 10.7.